The molecule has 2 aliphatic rings. The number of carbonyl (C=O) groups is 1. The molecule has 2 amide bonds. The molecular weight excluding hydrogens is 357 g/mol. The average molecular weight is 384 g/mol. The number of urea groups is 1. The lowest BCUT2D eigenvalue weighted by atomic mass is 9.94. The van der Waals surface area contributed by atoms with Crippen molar-refractivity contribution in [3.8, 4) is 0 Å². The van der Waals surface area contributed by atoms with Crippen LogP contribution in [0.25, 0.3) is 0 Å². The fourth-order valence-corrected chi connectivity index (χ4v) is 4.13. The molecule has 0 spiro atoms. The van der Waals surface area contributed by atoms with E-state index in [9.17, 15) is 4.79 Å². The van der Waals surface area contributed by atoms with E-state index in [1.165, 1.54) is 32.4 Å². The Morgan fingerprint density at radius 2 is 1.96 bits per heavy atom. The predicted octanol–water partition coefficient (Wildman–Crippen LogP) is 4.97. The zero-order chi connectivity index (χ0) is 17.8. The van der Waals surface area contributed by atoms with E-state index in [0.717, 1.165) is 32.0 Å². The van der Waals surface area contributed by atoms with Crippen LogP contribution in [0.4, 0.5) is 10.5 Å². The molecule has 3 rings (SSSR count). The number of rotatable bonds is 3. The lowest BCUT2D eigenvalue weighted by molar-refractivity contribution is 0.124. The summed E-state index contributed by atoms with van der Waals surface area (Å²) >= 11 is 12.1. The van der Waals surface area contributed by atoms with Gasteiger partial charge >= 0.3 is 6.03 Å². The molecule has 6 heteroatoms. The van der Waals surface area contributed by atoms with E-state index in [1.54, 1.807) is 18.2 Å². The van der Waals surface area contributed by atoms with Crippen molar-refractivity contribution < 1.29 is 4.79 Å². The van der Waals surface area contributed by atoms with E-state index in [4.69, 9.17) is 23.2 Å². The SMILES string of the molecule is CC1CCN(CC2CCCN(C(=O)Nc3cc(Cl)ccc3Cl)C2)CC1. The van der Waals surface area contributed by atoms with Gasteiger partial charge in [-0.1, -0.05) is 30.1 Å². The zero-order valence-corrected chi connectivity index (χ0v) is 16.3. The fraction of sp³-hybridized carbons (Fsp3) is 0.632. The second kappa shape index (κ2) is 8.61. The lowest BCUT2D eigenvalue weighted by Crippen LogP contribution is -2.46. The van der Waals surface area contributed by atoms with Crippen LogP contribution in [0.2, 0.25) is 10.0 Å². The third kappa shape index (κ3) is 5.25. The normalized spacial score (nSPS) is 22.8. The average Bonchev–Trinajstić information content (AvgIpc) is 2.60. The van der Waals surface area contributed by atoms with E-state index in [-0.39, 0.29) is 6.03 Å². The molecule has 1 atom stereocenters. The second-order valence-electron chi connectivity index (χ2n) is 7.49. The summed E-state index contributed by atoms with van der Waals surface area (Å²) in [6, 6.07) is 5.03. The number of halogens is 2. The number of piperidine rings is 2. The zero-order valence-electron chi connectivity index (χ0n) is 14.8. The Morgan fingerprint density at radius 1 is 1.20 bits per heavy atom. The minimum atomic E-state index is -0.0823. The summed E-state index contributed by atoms with van der Waals surface area (Å²) in [4.78, 5) is 17.1. The molecule has 0 saturated carbocycles. The third-order valence-corrected chi connectivity index (χ3v) is 5.93. The number of benzene rings is 1. The Bertz CT molecular complexity index is 602. The molecule has 1 unspecified atom stereocenters. The van der Waals surface area contributed by atoms with Gasteiger partial charge in [0.1, 0.15) is 0 Å². The van der Waals surface area contributed by atoms with Gasteiger partial charge in [0, 0.05) is 24.7 Å². The number of amides is 2. The highest BCUT2D eigenvalue weighted by molar-refractivity contribution is 6.35. The molecule has 0 radical (unpaired) electrons. The maximum absolute atomic E-state index is 12.6. The van der Waals surface area contributed by atoms with E-state index in [2.05, 4.69) is 17.1 Å². The molecule has 1 aromatic rings. The number of hydrogen-bond acceptors (Lipinski definition) is 2. The first kappa shape index (κ1) is 18.8. The Balaban J connectivity index is 1.53. The van der Waals surface area contributed by atoms with Crippen molar-refractivity contribution in [3.05, 3.63) is 28.2 Å². The molecular formula is C19H27Cl2N3O. The van der Waals surface area contributed by atoms with Crippen LogP contribution in [-0.2, 0) is 0 Å². The van der Waals surface area contributed by atoms with Gasteiger partial charge in [-0.2, -0.15) is 0 Å². The van der Waals surface area contributed by atoms with Crippen LogP contribution in [0.1, 0.15) is 32.6 Å². The Morgan fingerprint density at radius 3 is 2.72 bits per heavy atom. The number of carbonyl (C=O) groups excluding carboxylic acids is 1. The van der Waals surface area contributed by atoms with Crippen LogP contribution < -0.4 is 5.32 Å². The first-order valence-corrected chi connectivity index (χ1v) is 10.00. The Hall–Kier alpha value is -0.970. The molecule has 1 aromatic carbocycles. The maximum atomic E-state index is 12.6. The highest BCUT2D eigenvalue weighted by Gasteiger charge is 2.26. The summed E-state index contributed by atoms with van der Waals surface area (Å²) in [5, 5.41) is 3.98. The van der Waals surface area contributed by atoms with Gasteiger partial charge in [-0.15, -0.1) is 0 Å². The van der Waals surface area contributed by atoms with Crippen molar-refractivity contribution in [3.63, 3.8) is 0 Å². The maximum Gasteiger partial charge on any atom is 0.321 e. The van der Waals surface area contributed by atoms with Crippen LogP contribution in [-0.4, -0.2) is 48.6 Å². The van der Waals surface area contributed by atoms with Crippen LogP contribution in [0.15, 0.2) is 18.2 Å². The largest absolute Gasteiger partial charge is 0.324 e. The minimum Gasteiger partial charge on any atom is -0.324 e. The van der Waals surface area contributed by atoms with E-state index < -0.39 is 0 Å². The van der Waals surface area contributed by atoms with Crippen LogP contribution >= 0.6 is 23.2 Å². The summed E-state index contributed by atoms with van der Waals surface area (Å²) in [6.45, 7) is 7.46. The summed E-state index contributed by atoms with van der Waals surface area (Å²) in [5.41, 5.74) is 0.575. The van der Waals surface area contributed by atoms with Crippen molar-refractivity contribution >= 4 is 34.9 Å². The summed E-state index contributed by atoms with van der Waals surface area (Å²) in [5.74, 6) is 1.41. The summed E-state index contributed by atoms with van der Waals surface area (Å²) < 4.78 is 0. The number of hydrogen-bond donors (Lipinski definition) is 1. The molecule has 0 bridgehead atoms. The van der Waals surface area contributed by atoms with Gasteiger partial charge in [0.15, 0.2) is 0 Å². The van der Waals surface area contributed by atoms with Gasteiger partial charge in [0.25, 0.3) is 0 Å². The Kier molecular flexibility index (Phi) is 6.48. The van der Waals surface area contributed by atoms with Gasteiger partial charge < -0.3 is 15.1 Å². The quantitative estimate of drug-likeness (QED) is 0.799. The monoisotopic (exact) mass is 383 g/mol. The van der Waals surface area contributed by atoms with Crippen molar-refractivity contribution in [2.45, 2.75) is 32.6 Å². The smallest absolute Gasteiger partial charge is 0.321 e. The molecule has 0 aromatic heterocycles. The van der Waals surface area contributed by atoms with Crippen molar-refractivity contribution in [1.82, 2.24) is 9.80 Å². The standard InChI is InChI=1S/C19H27Cl2N3O/c1-14-6-9-23(10-7-14)12-15-3-2-8-24(13-15)19(25)22-18-11-16(20)4-5-17(18)21/h4-5,11,14-15H,2-3,6-10,12-13H2,1H3,(H,22,25). The van der Waals surface area contributed by atoms with Gasteiger partial charge in [-0.05, 0) is 68.8 Å². The van der Waals surface area contributed by atoms with E-state index in [0.29, 0.717) is 21.7 Å². The molecule has 138 valence electrons. The third-order valence-electron chi connectivity index (χ3n) is 5.37. The first-order chi connectivity index (χ1) is 12.0. The van der Waals surface area contributed by atoms with Gasteiger partial charge in [0.2, 0.25) is 0 Å². The molecule has 0 aliphatic carbocycles. The first-order valence-electron chi connectivity index (χ1n) is 9.24. The molecule has 1 N–H and O–H groups in total. The molecule has 4 nitrogen and oxygen atoms in total. The molecule has 2 heterocycles. The van der Waals surface area contributed by atoms with Gasteiger partial charge in [-0.3, -0.25) is 0 Å². The van der Waals surface area contributed by atoms with Crippen LogP contribution in [0.5, 0.6) is 0 Å². The van der Waals surface area contributed by atoms with E-state index in [1.807, 2.05) is 4.90 Å². The van der Waals surface area contributed by atoms with Crippen LogP contribution in [0, 0.1) is 11.8 Å². The van der Waals surface area contributed by atoms with Crippen molar-refractivity contribution in [2.24, 2.45) is 11.8 Å². The van der Waals surface area contributed by atoms with Gasteiger partial charge in [0.05, 0.1) is 10.7 Å². The lowest BCUT2D eigenvalue weighted by Gasteiger charge is -2.37. The van der Waals surface area contributed by atoms with Crippen molar-refractivity contribution in [1.29, 1.82) is 0 Å². The molecule has 25 heavy (non-hydrogen) atoms. The highest BCUT2D eigenvalue weighted by atomic mass is 35.5. The van der Waals surface area contributed by atoms with Crippen LogP contribution in [0.3, 0.4) is 0 Å². The summed E-state index contributed by atoms with van der Waals surface area (Å²) in [6.07, 6.45) is 4.85. The molecule has 2 fully saturated rings. The Labute approximate surface area is 160 Å². The number of nitrogens with one attached hydrogen (secondary N) is 1. The second-order valence-corrected chi connectivity index (χ2v) is 8.34. The number of nitrogens with zero attached hydrogens (tertiary/aromatic N) is 2. The number of anilines is 1. The topological polar surface area (TPSA) is 35.6 Å². The van der Waals surface area contributed by atoms with E-state index >= 15 is 0 Å². The number of likely N-dealkylation sites (tertiary alicyclic amines) is 2. The molecule has 2 saturated heterocycles. The predicted molar refractivity (Wildman–Crippen MR) is 105 cm³/mol. The summed E-state index contributed by atoms with van der Waals surface area (Å²) in [7, 11) is 0. The van der Waals surface area contributed by atoms with Gasteiger partial charge in [-0.25, -0.2) is 4.79 Å². The minimum absolute atomic E-state index is 0.0823. The fourth-order valence-electron chi connectivity index (χ4n) is 3.80. The highest BCUT2D eigenvalue weighted by Crippen LogP contribution is 2.27. The molecule has 2 aliphatic heterocycles. The van der Waals surface area contributed by atoms with Crippen molar-refractivity contribution in [2.75, 3.05) is 38.0 Å².